The predicted molar refractivity (Wildman–Crippen MR) is 60.9 cm³/mol. The molecule has 0 amide bonds. The van der Waals surface area contributed by atoms with Crippen LogP contribution in [-0.4, -0.2) is 12.5 Å². The summed E-state index contributed by atoms with van der Waals surface area (Å²) in [6.07, 6.45) is 2.74. The molecule has 0 aliphatic heterocycles. The van der Waals surface area contributed by atoms with Crippen LogP contribution >= 0.6 is 11.6 Å². The van der Waals surface area contributed by atoms with E-state index in [9.17, 15) is 22.0 Å². The number of hydrogen-bond acceptors (Lipinski definition) is 1. The van der Waals surface area contributed by atoms with Gasteiger partial charge in [-0.1, -0.05) is 12.8 Å². The average molecular weight is 303 g/mol. The Hall–Kier alpha value is -1.04. The van der Waals surface area contributed by atoms with E-state index < -0.39 is 34.8 Å². The Morgan fingerprint density at radius 2 is 1.16 bits per heavy atom. The Balaban J connectivity index is 2.64. The van der Waals surface area contributed by atoms with Crippen molar-refractivity contribution in [2.24, 2.45) is 0 Å². The molecule has 0 N–H and O–H groups in total. The molecule has 1 aromatic carbocycles. The quantitative estimate of drug-likeness (QED) is 0.236. The van der Waals surface area contributed by atoms with E-state index >= 15 is 0 Å². The Labute approximate surface area is 112 Å². The zero-order valence-corrected chi connectivity index (χ0v) is 10.7. The van der Waals surface area contributed by atoms with Gasteiger partial charge in [0.15, 0.2) is 5.75 Å². The highest BCUT2D eigenvalue weighted by Crippen LogP contribution is 2.29. The SMILES string of the molecule is Fc1c(F)c(F)c(OCCCCCCCl)c(F)c1F. The van der Waals surface area contributed by atoms with Crippen molar-refractivity contribution >= 4 is 11.6 Å². The van der Waals surface area contributed by atoms with Crippen LogP contribution in [0.1, 0.15) is 25.7 Å². The van der Waals surface area contributed by atoms with Crippen molar-refractivity contribution in [2.45, 2.75) is 25.7 Å². The zero-order valence-electron chi connectivity index (χ0n) is 9.92. The summed E-state index contributed by atoms with van der Waals surface area (Å²) in [5.74, 6) is -10.8. The molecule has 0 saturated heterocycles. The van der Waals surface area contributed by atoms with Crippen LogP contribution in [0.15, 0.2) is 0 Å². The topological polar surface area (TPSA) is 9.23 Å². The molecule has 0 aliphatic carbocycles. The van der Waals surface area contributed by atoms with E-state index in [1.807, 2.05) is 0 Å². The monoisotopic (exact) mass is 302 g/mol. The van der Waals surface area contributed by atoms with Crippen LogP contribution in [0.2, 0.25) is 0 Å². The van der Waals surface area contributed by atoms with Crippen LogP contribution in [0.3, 0.4) is 0 Å². The molecule has 1 nitrogen and oxygen atoms in total. The third kappa shape index (κ3) is 3.96. The number of ether oxygens (including phenoxy) is 1. The molecular formula is C12H12ClF5O. The van der Waals surface area contributed by atoms with Crippen LogP contribution in [0.4, 0.5) is 22.0 Å². The zero-order chi connectivity index (χ0) is 14.4. The number of alkyl halides is 1. The van der Waals surface area contributed by atoms with Gasteiger partial charge in [-0.15, -0.1) is 11.6 Å². The van der Waals surface area contributed by atoms with Crippen molar-refractivity contribution in [3.63, 3.8) is 0 Å². The van der Waals surface area contributed by atoms with Gasteiger partial charge < -0.3 is 4.74 Å². The summed E-state index contributed by atoms with van der Waals surface area (Å²) in [6.45, 7) is -0.124. The van der Waals surface area contributed by atoms with E-state index in [0.717, 1.165) is 12.8 Å². The third-order valence-electron chi connectivity index (χ3n) is 2.44. The van der Waals surface area contributed by atoms with Crippen molar-refractivity contribution in [3.8, 4) is 5.75 Å². The van der Waals surface area contributed by atoms with Crippen molar-refractivity contribution < 1.29 is 26.7 Å². The summed E-state index contributed by atoms with van der Waals surface area (Å²) in [4.78, 5) is 0. The fourth-order valence-electron chi connectivity index (χ4n) is 1.44. The number of rotatable bonds is 7. The normalized spacial score (nSPS) is 10.8. The van der Waals surface area contributed by atoms with Crippen LogP contribution in [-0.2, 0) is 0 Å². The first kappa shape index (κ1) is 16.0. The first-order valence-electron chi connectivity index (χ1n) is 5.70. The van der Waals surface area contributed by atoms with Gasteiger partial charge in [0.05, 0.1) is 6.61 Å². The fourth-order valence-corrected chi connectivity index (χ4v) is 1.62. The smallest absolute Gasteiger partial charge is 0.206 e. The lowest BCUT2D eigenvalue weighted by atomic mass is 10.2. The highest BCUT2D eigenvalue weighted by Gasteiger charge is 2.26. The Morgan fingerprint density at radius 1 is 0.684 bits per heavy atom. The van der Waals surface area contributed by atoms with Gasteiger partial charge in [-0.3, -0.25) is 0 Å². The second-order valence-corrected chi connectivity index (χ2v) is 4.23. The fraction of sp³-hybridized carbons (Fsp3) is 0.500. The molecule has 0 aliphatic rings. The second-order valence-electron chi connectivity index (χ2n) is 3.85. The van der Waals surface area contributed by atoms with Crippen molar-refractivity contribution in [3.05, 3.63) is 29.1 Å². The Bertz CT molecular complexity index is 410. The summed E-state index contributed by atoms with van der Waals surface area (Å²) in [5.41, 5.74) is 0. The van der Waals surface area contributed by atoms with Crippen LogP contribution in [0, 0.1) is 29.1 Å². The minimum atomic E-state index is -2.19. The molecule has 1 aromatic rings. The molecule has 19 heavy (non-hydrogen) atoms. The van der Waals surface area contributed by atoms with E-state index in [2.05, 4.69) is 4.74 Å². The molecule has 0 unspecified atom stereocenters. The van der Waals surface area contributed by atoms with Gasteiger partial charge >= 0.3 is 0 Å². The van der Waals surface area contributed by atoms with Crippen LogP contribution in [0.5, 0.6) is 5.75 Å². The van der Waals surface area contributed by atoms with Gasteiger partial charge in [-0.05, 0) is 12.8 Å². The largest absolute Gasteiger partial charge is 0.487 e. The summed E-state index contributed by atoms with van der Waals surface area (Å²) >= 11 is 5.45. The molecule has 0 spiro atoms. The maximum absolute atomic E-state index is 13.2. The van der Waals surface area contributed by atoms with Crippen LogP contribution in [0.25, 0.3) is 0 Å². The highest BCUT2D eigenvalue weighted by molar-refractivity contribution is 6.17. The van der Waals surface area contributed by atoms with Crippen molar-refractivity contribution in [1.29, 1.82) is 0 Å². The summed E-state index contributed by atoms with van der Waals surface area (Å²) in [6, 6.07) is 0. The lowest BCUT2D eigenvalue weighted by molar-refractivity contribution is 0.255. The Kier molecular flexibility index (Phi) is 6.34. The van der Waals surface area contributed by atoms with Crippen molar-refractivity contribution in [1.82, 2.24) is 0 Å². The summed E-state index contributed by atoms with van der Waals surface area (Å²) < 4.78 is 69.3. The molecule has 0 aromatic heterocycles. The van der Waals surface area contributed by atoms with E-state index in [4.69, 9.17) is 11.6 Å². The predicted octanol–water partition coefficient (Wildman–Crippen LogP) is 4.56. The van der Waals surface area contributed by atoms with Gasteiger partial charge in [0.25, 0.3) is 0 Å². The molecule has 0 bridgehead atoms. The lowest BCUT2D eigenvalue weighted by Gasteiger charge is -2.10. The third-order valence-corrected chi connectivity index (χ3v) is 2.71. The molecular weight excluding hydrogens is 291 g/mol. The molecule has 108 valence electrons. The van der Waals surface area contributed by atoms with E-state index in [1.54, 1.807) is 0 Å². The molecule has 0 saturated carbocycles. The van der Waals surface area contributed by atoms with E-state index in [1.165, 1.54) is 0 Å². The number of hydrogen-bond donors (Lipinski definition) is 0. The van der Waals surface area contributed by atoms with Crippen LogP contribution < -0.4 is 4.74 Å². The molecule has 0 radical (unpaired) electrons. The molecule has 7 heteroatoms. The lowest BCUT2D eigenvalue weighted by Crippen LogP contribution is -2.08. The maximum Gasteiger partial charge on any atom is 0.206 e. The number of benzene rings is 1. The van der Waals surface area contributed by atoms with E-state index in [-0.39, 0.29) is 6.61 Å². The van der Waals surface area contributed by atoms with Gasteiger partial charge in [0, 0.05) is 5.88 Å². The highest BCUT2D eigenvalue weighted by atomic mass is 35.5. The minimum absolute atomic E-state index is 0.124. The standard InChI is InChI=1S/C12H12ClF5O/c13-5-3-1-2-4-6-19-12-10(17)8(15)7(14)9(16)11(12)18/h1-6H2. The van der Waals surface area contributed by atoms with Crippen molar-refractivity contribution in [2.75, 3.05) is 12.5 Å². The molecule has 0 heterocycles. The van der Waals surface area contributed by atoms with Gasteiger partial charge in [-0.2, -0.15) is 8.78 Å². The molecule has 0 atom stereocenters. The van der Waals surface area contributed by atoms with E-state index in [0.29, 0.717) is 18.7 Å². The van der Waals surface area contributed by atoms with Gasteiger partial charge in [0.2, 0.25) is 29.1 Å². The average Bonchev–Trinajstić information content (AvgIpc) is 2.41. The first-order chi connectivity index (χ1) is 9.00. The van der Waals surface area contributed by atoms with Gasteiger partial charge in [0.1, 0.15) is 0 Å². The minimum Gasteiger partial charge on any atom is -0.487 e. The Morgan fingerprint density at radius 3 is 1.68 bits per heavy atom. The first-order valence-corrected chi connectivity index (χ1v) is 6.24. The molecule has 0 fully saturated rings. The van der Waals surface area contributed by atoms with Gasteiger partial charge in [-0.25, -0.2) is 13.2 Å². The second kappa shape index (κ2) is 7.53. The number of halogens is 6. The summed E-state index contributed by atoms with van der Waals surface area (Å²) in [5, 5.41) is 0. The molecule has 1 rings (SSSR count). The maximum atomic E-state index is 13.2. The summed E-state index contributed by atoms with van der Waals surface area (Å²) in [7, 11) is 0. The number of unbranched alkanes of at least 4 members (excludes halogenated alkanes) is 3.